The summed E-state index contributed by atoms with van der Waals surface area (Å²) in [5.74, 6) is -0.450. The zero-order valence-electron chi connectivity index (χ0n) is 14.5. The summed E-state index contributed by atoms with van der Waals surface area (Å²) in [6.07, 6.45) is 11.3. The van der Waals surface area contributed by atoms with Gasteiger partial charge in [-0.05, 0) is 6.42 Å². The normalized spacial score (nSPS) is 11.0. The van der Waals surface area contributed by atoms with Crippen LogP contribution in [0.15, 0.2) is 0 Å². The van der Waals surface area contributed by atoms with E-state index in [9.17, 15) is 13.2 Å². The topological polar surface area (TPSA) is 74.7 Å². The zero-order chi connectivity index (χ0) is 16.1. The molecule has 0 aromatic heterocycles. The third-order valence-corrected chi connectivity index (χ3v) is 4.30. The van der Waals surface area contributed by atoms with Crippen LogP contribution in [-0.4, -0.2) is 94.5 Å². The molecule has 0 aromatic rings. The molecule has 0 aliphatic carbocycles. The van der Waals surface area contributed by atoms with Crippen LogP contribution < -0.4 is 0 Å². The molecular formula is C15H31KNO4S. The number of unbranched alkanes of at least 4 members (excludes halogenated alkanes) is 8. The Morgan fingerprint density at radius 3 is 1.86 bits per heavy atom. The van der Waals surface area contributed by atoms with E-state index in [1.165, 1.54) is 43.4 Å². The second-order valence-corrected chi connectivity index (χ2v) is 7.25. The molecule has 1 N–H and O–H groups in total. The third-order valence-electron chi connectivity index (χ3n) is 3.60. The summed E-state index contributed by atoms with van der Waals surface area (Å²) < 4.78 is 29.8. The molecule has 0 rings (SSSR count). The van der Waals surface area contributed by atoms with E-state index >= 15 is 0 Å². The van der Waals surface area contributed by atoms with Crippen molar-refractivity contribution in [3.8, 4) is 0 Å². The predicted molar refractivity (Wildman–Crippen MR) is 91.7 cm³/mol. The molecule has 0 spiro atoms. The molecule has 1 radical (unpaired) electrons. The van der Waals surface area contributed by atoms with Gasteiger partial charge in [0.1, 0.15) is 0 Å². The summed E-state index contributed by atoms with van der Waals surface area (Å²) in [6, 6.07) is 0. The van der Waals surface area contributed by atoms with Gasteiger partial charge in [0.15, 0.2) is 0 Å². The first-order valence-corrected chi connectivity index (χ1v) is 9.67. The van der Waals surface area contributed by atoms with Crippen molar-refractivity contribution in [2.24, 2.45) is 0 Å². The van der Waals surface area contributed by atoms with Crippen LogP contribution >= 0.6 is 0 Å². The van der Waals surface area contributed by atoms with Gasteiger partial charge in [-0.1, -0.05) is 58.3 Å². The average molecular weight is 361 g/mol. The van der Waals surface area contributed by atoms with Crippen LogP contribution in [0.3, 0.4) is 0 Å². The van der Waals surface area contributed by atoms with Crippen LogP contribution in [0, 0.1) is 0 Å². The molecule has 127 valence electrons. The molecule has 0 aliphatic rings. The molecule has 0 fully saturated rings. The Morgan fingerprint density at radius 2 is 1.41 bits per heavy atom. The molecule has 7 heteroatoms. The average Bonchev–Trinajstić information content (AvgIpc) is 2.41. The second-order valence-electron chi connectivity index (χ2n) is 5.68. The van der Waals surface area contributed by atoms with Crippen molar-refractivity contribution in [1.29, 1.82) is 0 Å². The Bertz CT molecular complexity index is 374. The molecule has 22 heavy (non-hydrogen) atoms. The van der Waals surface area contributed by atoms with Crippen molar-refractivity contribution >= 4 is 67.4 Å². The second kappa shape index (κ2) is 15.5. The smallest absolute Gasteiger partial charge is 0.266 e. The molecule has 0 saturated carbocycles. The van der Waals surface area contributed by atoms with Crippen molar-refractivity contribution in [2.75, 3.05) is 19.3 Å². The minimum Gasteiger partial charge on any atom is -0.345 e. The molecule has 0 bridgehead atoms. The number of rotatable bonds is 13. The first kappa shape index (κ1) is 25.3. The summed E-state index contributed by atoms with van der Waals surface area (Å²) in [4.78, 5) is 13.1. The fourth-order valence-corrected chi connectivity index (χ4v) is 2.66. The largest absolute Gasteiger partial charge is 0.345 e. The van der Waals surface area contributed by atoms with Gasteiger partial charge in [0, 0.05) is 71.4 Å². The molecule has 1 amide bonds. The van der Waals surface area contributed by atoms with E-state index < -0.39 is 15.9 Å². The van der Waals surface area contributed by atoms with Crippen molar-refractivity contribution in [1.82, 2.24) is 4.90 Å². The van der Waals surface area contributed by atoms with Gasteiger partial charge in [-0.25, -0.2) is 0 Å². The number of carbonyl (C=O) groups excluding carboxylic acids is 1. The number of nitrogens with zero attached hydrogens (tertiary/aromatic N) is 1. The van der Waals surface area contributed by atoms with Crippen molar-refractivity contribution < 1.29 is 17.8 Å². The summed E-state index contributed by atoms with van der Waals surface area (Å²) in [5, 5.41) is 0. The third kappa shape index (κ3) is 17.4. The van der Waals surface area contributed by atoms with Gasteiger partial charge in [0.05, 0.1) is 5.75 Å². The Kier molecular flexibility index (Phi) is 17.8. The van der Waals surface area contributed by atoms with Crippen LogP contribution in [0.4, 0.5) is 0 Å². The van der Waals surface area contributed by atoms with Crippen molar-refractivity contribution in [3.05, 3.63) is 0 Å². The van der Waals surface area contributed by atoms with Crippen LogP contribution in [-0.2, 0) is 14.9 Å². The van der Waals surface area contributed by atoms with Crippen molar-refractivity contribution in [2.45, 2.75) is 71.1 Å². The Labute approximate surface area is 178 Å². The molecule has 0 atom stereocenters. The summed E-state index contributed by atoms with van der Waals surface area (Å²) >= 11 is 0. The first-order chi connectivity index (χ1) is 9.87. The van der Waals surface area contributed by atoms with Crippen LogP contribution in [0.25, 0.3) is 0 Å². The molecule has 0 unspecified atom stereocenters. The van der Waals surface area contributed by atoms with Crippen molar-refractivity contribution in [3.63, 3.8) is 0 Å². The van der Waals surface area contributed by atoms with Gasteiger partial charge in [-0.3, -0.25) is 9.35 Å². The Balaban J connectivity index is 0. The predicted octanol–water partition coefficient (Wildman–Crippen LogP) is 2.87. The molecular weight excluding hydrogens is 329 g/mol. The SMILES string of the molecule is CCCCCCCCCCCC(=O)N(C)CCS(=O)(=O)O.[K]. The number of hydrogen-bond donors (Lipinski definition) is 1. The van der Waals surface area contributed by atoms with E-state index in [0.717, 1.165) is 19.3 Å². The minimum absolute atomic E-state index is 0. The molecule has 5 nitrogen and oxygen atoms in total. The van der Waals surface area contributed by atoms with Gasteiger partial charge < -0.3 is 4.90 Å². The fourth-order valence-electron chi connectivity index (χ4n) is 2.15. The molecule has 0 heterocycles. The molecule has 0 aromatic carbocycles. The van der Waals surface area contributed by atoms with Gasteiger partial charge in [-0.2, -0.15) is 8.42 Å². The van der Waals surface area contributed by atoms with Gasteiger partial charge in [0.2, 0.25) is 5.91 Å². The first-order valence-electron chi connectivity index (χ1n) is 8.06. The van der Waals surface area contributed by atoms with Crippen LogP contribution in [0.1, 0.15) is 71.1 Å². The maximum absolute atomic E-state index is 11.7. The van der Waals surface area contributed by atoms with Gasteiger partial charge >= 0.3 is 0 Å². The van der Waals surface area contributed by atoms with E-state index in [0.29, 0.717) is 6.42 Å². The van der Waals surface area contributed by atoms with Crippen LogP contribution in [0.5, 0.6) is 0 Å². The quantitative estimate of drug-likeness (QED) is 0.311. The summed E-state index contributed by atoms with van der Waals surface area (Å²) in [7, 11) is -2.42. The standard InChI is InChI=1S/C15H31NO4S.K/c1-3-4-5-6-7-8-9-10-11-12-15(17)16(2)13-14-21(18,19)20;/h3-14H2,1-2H3,(H,18,19,20);. The maximum atomic E-state index is 11.7. The van der Waals surface area contributed by atoms with E-state index in [1.54, 1.807) is 7.05 Å². The minimum atomic E-state index is -3.99. The van der Waals surface area contributed by atoms with E-state index in [2.05, 4.69) is 6.92 Å². The number of hydrogen-bond acceptors (Lipinski definition) is 3. The van der Waals surface area contributed by atoms with Gasteiger partial charge in [-0.15, -0.1) is 0 Å². The van der Waals surface area contributed by atoms with Gasteiger partial charge in [0.25, 0.3) is 10.1 Å². The van der Waals surface area contributed by atoms with E-state index in [4.69, 9.17) is 4.55 Å². The van der Waals surface area contributed by atoms with E-state index in [-0.39, 0.29) is 63.8 Å². The Hall–Kier alpha value is 1.02. The summed E-state index contributed by atoms with van der Waals surface area (Å²) in [5.41, 5.74) is 0. The fraction of sp³-hybridized carbons (Fsp3) is 0.933. The van der Waals surface area contributed by atoms with Crippen LogP contribution in [0.2, 0.25) is 0 Å². The van der Waals surface area contributed by atoms with E-state index in [1.807, 2.05) is 0 Å². The summed E-state index contributed by atoms with van der Waals surface area (Å²) in [6.45, 7) is 2.26. The zero-order valence-corrected chi connectivity index (χ0v) is 18.5. The maximum Gasteiger partial charge on any atom is 0.266 e. The number of amides is 1. The molecule has 0 aliphatic heterocycles. The Morgan fingerprint density at radius 1 is 0.955 bits per heavy atom. The monoisotopic (exact) mass is 360 g/mol. The molecule has 0 saturated heterocycles. The number of carbonyl (C=O) groups is 1.